The van der Waals surface area contributed by atoms with Crippen molar-refractivity contribution < 1.29 is 10.2 Å². The molecule has 0 radical (unpaired) electrons. The maximum absolute atomic E-state index is 9.39. The average molecular weight is 202 g/mol. The number of aromatic hydroxyl groups is 2. The van der Waals surface area contributed by atoms with Crippen LogP contribution in [0.3, 0.4) is 0 Å². The predicted octanol–water partition coefficient (Wildman–Crippen LogP) is 3.20. The van der Waals surface area contributed by atoms with Crippen molar-refractivity contribution in [2.45, 2.75) is 19.8 Å². The van der Waals surface area contributed by atoms with Gasteiger partial charge in [0, 0.05) is 0 Å². The molecule has 0 fully saturated rings. The fraction of sp³-hybridized carbons (Fsp3) is 0.231. The number of aryl methyl sites for hydroxylation is 1. The molecular weight excluding hydrogens is 188 g/mol. The lowest BCUT2D eigenvalue weighted by molar-refractivity contribution is 0.405. The Labute approximate surface area is 88.8 Å². The molecule has 0 aliphatic rings. The number of phenols is 2. The Kier molecular flexibility index (Phi) is 2.50. The molecule has 0 atom stereocenters. The van der Waals surface area contributed by atoms with Gasteiger partial charge in [-0.2, -0.15) is 0 Å². The summed E-state index contributed by atoms with van der Waals surface area (Å²) in [5, 5.41) is 20.6. The number of benzene rings is 2. The summed E-state index contributed by atoms with van der Waals surface area (Å²) in [5.41, 5.74) is 1.26. The Morgan fingerprint density at radius 3 is 2.27 bits per heavy atom. The first kappa shape index (κ1) is 9.84. The molecule has 2 aromatic rings. The van der Waals surface area contributed by atoms with E-state index >= 15 is 0 Å². The third kappa shape index (κ3) is 1.89. The first-order chi connectivity index (χ1) is 7.20. The number of rotatable bonds is 2. The van der Waals surface area contributed by atoms with Crippen LogP contribution in [-0.4, -0.2) is 10.2 Å². The van der Waals surface area contributed by atoms with E-state index < -0.39 is 0 Å². The van der Waals surface area contributed by atoms with Crippen LogP contribution in [0.5, 0.6) is 11.5 Å². The third-order valence-corrected chi connectivity index (χ3v) is 2.54. The molecular formula is C13H14O2. The summed E-state index contributed by atoms with van der Waals surface area (Å²) in [4.78, 5) is 0. The van der Waals surface area contributed by atoms with Gasteiger partial charge in [-0.3, -0.25) is 0 Å². The minimum atomic E-state index is -0.0641. The van der Waals surface area contributed by atoms with Crippen LogP contribution in [0.1, 0.15) is 18.9 Å². The minimum absolute atomic E-state index is 0.0591. The standard InChI is InChI=1S/C13H14O2/c1-2-3-9-4-5-10-7-12(14)13(15)8-11(10)6-9/h4-8,14-15H,2-3H2,1H3. The normalized spacial score (nSPS) is 10.7. The number of phenolic OH excluding ortho intramolecular Hbond substituents is 2. The zero-order chi connectivity index (χ0) is 10.8. The van der Waals surface area contributed by atoms with Crippen molar-refractivity contribution >= 4 is 10.8 Å². The zero-order valence-electron chi connectivity index (χ0n) is 8.70. The van der Waals surface area contributed by atoms with E-state index in [9.17, 15) is 10.2 Å². The van der Waals surface area contributed by atoms with Crippen molar-refractivity contribution in [3.63, 3.8) is 0 Å². The topological polar surface area (TPSA) is 40.5 Å². The van der Waals surface area contributed by atoms with Crippen LogP contribution in [0, 0.1) is 0 Å². The van der Waals surface area contributed by atoms with Gasteiger partial charge in [-0.05, 0) is 34.9 Å². The van der Waals surface area contributed by atoms with Crippen molar-refractivity contribution in [3.8, 4) is 11.5 Å². The molecule has 78 valence electrons. The first-order valence-electron chi connectivity index (χ1n) is 5.15. The Morgan fingerprint density at radius 1 is 0.933 bits per heavy atom. The van der Waals surface area contributed by atoms with Crippen molar-refractivity contribution in [2.24, 2.45) is 0 Å². The largest absolute Gasteiger partial charge is 0.504 e. The van der Waals surface area contributed by atoms with Crippen LogP contribution in [-0.2, 0) is 6.42 Å². The van der Waals surface area contributed by atoms with Crippen LogP contribution in [0.2, 0.25) is 0 Å². The Morgan fingerprint density at radius 2 is 1.60 bits per heavy atom. The summed E-state index contributed by atoms with van der Waals surface area (Å²) in [6, 6.07) is 9.27. The second-order valence-electron chi connectivity index (χ2n) is 3.77. The molecule has 2 aromatic carbocycles. The average Bonchev–Trinajstić information content (AvgIpc) is 2.21. The molecule has 2 N–H and O–H groups in total. The fourth-order valence-corrected chi connectivity index (χ4v) is 1.77. The van der Waals surface area contributed by atoms with E-state index in [4.69, 9.17) is 0 Å². The highest BCUT2D eigenvalue weighted by Gasteiger charge is 2.02. The van der Waals surface area contributed by atoms with Gasteiger partial charge >= 0.3 is 0 Å². The van der Waals surface area contributed by atoms with E-state index in [-0.39, 0.29) is 11.5 Å². The van der Waals surface area contributed by atoms with E-state index in [0.717, 1.165) is 23.6 Å². The van der Waals surface area contributed by atoms with Crippen LogP contribution in [0.4, 0.5) is 0 Å². The van der Waals surface area contributed by atoms with Crippen LogP contribution >= 0.6 is 0 Å². The summed E-state index contributed by atoms with van der Waals surface area (Å²) in [5.74, 6) is -0.123. The molecule has 0 saturated carbocycles. The lowest BCUT2D eigenvalue weighted by atomic mass is 10.0. The number of fused-ring (bicyclic) bond motifs is 1. The van der Waals surface area contributed by atoms with E-state index in [1.54, 1.807) is 12.1 Å². The van der Waals surface area contributed by atoms with Gasteiger partial charge in [0.25, 0.3) is 0 Å². The SMILES string of the molecule is CCCc1ccc2cc(O)c(O)cc2c1. The quantitative estimate of drug-likeness (QED) is 0.734. The summed E-state index contributed by atoms with van der Waals surface area (Å²) in [6.07, 6.45) is 2.15. The van der Waals surface area contributed by atoms with E-state index in [2.05, 4.69) is 19.1 Å². The summed E-state index contributed by atoms with van der Waals surface area (Å²) < 4.78 is 0. The Balaban J connectivity index is 2.56. The predicted molar refractivity (Wildman–Crippen MR) is 61.3 cm³/mol. The molecule has 0 heterocycles. The minimum Gasteiger partial charge on any atom is -0.504 e. The molecule has 0 unspecified atom stereocenters. The van der Waals surface area contributed by atoms with E-state index in [1.807, 2.05) is 6.07 Å². The van der Waals surface area contributed by atoms with Gasteiger partial charge in [0.15, 0.2) is 11.5 Å². The van der Waals surface area contributed by atoms with Gasteiger partial charge in [0.1, 0.15) is 0 Å². The van der Waals surface area contributed by atoms with Crippen molar-refractivity contribution in [1.29, 1.82) is 0 Å². The molecule has 2 nitrogen and oxygen atoms in total. The van der Waals surface area contributed by atoms with Gasteiger partial charge in [0.2, 0.25) is 0 Å². The van der Waals surface area contributed by atoms with Crippen molar-refractivity contribution in [1.82, 2.24) is 0 Å². The van der Waals surface area contributed by atoms with Gasteiger partial charge in [-0.1, -0.05) is 31.5 Å². The molecule has 0 spiro atoms. The Bertz CT molecular complexity index is 489. The smallest absolute Gasteiger partial charge is 0.158 e. The highest BCUT2D eigenvalue weighted by atomic mass is 16.3. The van der Waals surface area contributed by atoms with Crippen LogP contribution in [0.25, 0.3) is 10.8 Å². The molecule has 0 saturated heterocycles. The maximum Gasteiger partial charge on any atom is 0.158 e. The summed E-state index contributed by atoms with van der Waals surface area (Å²) >= 11 is 0. The van der Waals surface area contributed by atoms with E-state index in [1.165, 1.54) is 5.56 Å². The molecule has 0 bridgehead atoms. The van der Waals surface area contributed by atoms with Crippen molar-refractivity contribution in [2.75, 3.05) is 0 Å². The summed E-state index contributed by atoms with van der Waals surface area (Å²) in [6.45, 7) is 2.14. The van der Waals surface area contributed by atoms with Crippen LogP contribution < -0.4 is 0 Å². The molecule has 2 heteroatoms. The van der Waals surface area contributed by atoms with Gasteiger partial charge in [-0.15, -0.1) is 0 Å². The first-order valence-corrected chi connectivity index (χ1v) is 5.15. The molecule has 0 amide bonds. The van der Waals surface area contributed by atoms with Gasteiger partial charge in [0.05, 0.1) is 0 Å². The highest BCUT2D eigenvalue weighted by molar-refractivity contribution is 5.86. The second kappa shape index (κ2) is 3.81. The Hall–Kier alpha value is -1.70. The molecule has 0 aromatic heterocycles. The monoisotopic (exact) mass is 202 g/mol. The van der Waals surface area contributed by atoms with Gasteiger partial charge in [-0.25, -0.2) is 0 Å². The third-order valence-electron chi connectivity index (χ3n) is 2.54. The number of hydrogen-bond donors (Lipinski definition) is 2. The lowest BCUT2D eigenvalue weighted by Crippen LogP contribution is -1.83. The molecule has 15 heavy (non-hydrogen) atoms. The van der Waals surface area contributed by atoms with Crippen LogP contribution in [0.15, 0.2) is 30.3 Å². The van der Waals surface area contributed by atoms with Crippen molar-refractivity contribution in [3.05, 3.63) is 35.9 Å². The zero-order valence-corrected chi connectivity index (χ0v) is 8.70. The fourth-order valence-electron chi connectivity index (χ4n) is 1.77. The number of hydrogen-bond acceptors (Lipinski definition) is 2. The van der Waals surface area contributed by atoms with E-state index in [0.29, 0.717) is 0 Å². The molecule has 0 aliphatic carbocycles. The van der Waals surface area contributed by atoms with Gasteiger partial charge < -0.3 is 10.2 Å². The lowest BCUT2D eigenvalue weighted by Gasteiger charge is -2.04. The molecule has 0 aliphatic heterocycles. The summed E-state index contributed by atoms with van der Waals surface area (Å²) in [7, 11) is 0. The maximum atomic E-state index is 9.39. The highest BCUT2D eigenvalue weighted by Crippen LogP contribution is 2.30. The molecule has 2 rings (SSSR count). The second-order valence-corrected chi connectivity index (χ2v) is 3.77.